The van der Waals surface area contributed by atoms with Crippen molar-refractivity contribution in [3.8, 4) is 0 Å². The van der Waals surface area contributed by atoms with Crippen molar-refractivity contribution in [3.63, 3.8) is 0 Å². The molecule has 0 aliphatic heterocycles. The molecule has 1 aromatic rings. The molecule has 0 radical (unpaired) electrons. The predicted molar refractivity (Wildman–Crippen MR) is 58.2 cm³/mol. The van der Waals surface area contributed by atoms with Crippen LogP contribution in [-0.4, -0.2) is 17.6 Å². The summed E-state index contributed by atoms with van der Waals surface area (Å²) in [5.41, 5.74) is 7.03. The Bertz CT molecular complexity index is 331. The van der Waals surface area contributed by atoms with E-state index in [9.17, 15) is 4.79 Å². The Morgan fingerprint density at radius 2 is 2.27 bits per heavy atom. The van der Waals surface area contributed by atoms with E-state index in [4.69, 9.17) is 5.73 Å². The Morgan fingerprint density at radius 1 is 1.60 bits per heavy atom. The van der Waals surface area contributed by atoms with Crippen LogP contribution in [0.2, 0.25) is 0 Å². The van der Waals surface area contributed by atoms with Crippen molar-refractivity contribution in [3.05, 3.63) is 24.0 Å². The van der Waals surface area contributed by atoms with Gasteiger partial charge in [-0.3, -0.25) is 4.79 Å². The van der Waals surface area contributed by atoms with Crippen molar-refractivity contribution in [2.24, 2.45) is 11.7 Å². The van der Waals surface area contributed by atoms with Gasteiger partial charge >= 0.3 is 5.97 Å². The highest BCUT2D eigenvalue weighted by Crippen LogP contribution is 2.18. The van der Waals surface area contributed by atoms with E-state index in [1.807, 2.05) is 18.5 Å². The van der Waals surface area contributed by atoms with Gasteiger partial charge in [0, 0.05) is 18.4 Å². The summed E-state index contributed by atoms with van der Waals surface area (Å²) in [6.45, 7) is 4.38. The minimum absolute atomic E-state index is 0.0175. The van der Waals surface area contributed by atoms with Crippen molar-refractivity contribution in [1.82, 2.24) is 4.57 Å². The fourth-order valence-corrected chi connectivity index (χ4v) is 1.35. The van der Waals surface area contributed by atoms with E-state index in [1.165, 1.54) is 7.11 Å². The molecule has 0 amide bonds. The van der Waals surface area contributed by atoms with Crippen molar-refractivity contribution in [1.29, 1.82) is 0 Å². The van der Waals surface area contributed by atoms with Crippen LogP contribution in [0.1, 0.15) is 25.5 Å². The van der Waals surface area contributed by atoms with Gasteiger partial charge < -0.3 is 15.0 Å². The molecule has 4 nitrogen and oxygen atoms in total. The summed E-state index contributed by atoms with van der Waals surface area (Å²) >= 11 is 0. The number of esters is 1. The third-order valence-electron chi connectivity index (χ3n) is 2.42. The number of rotatable bonds is 4. The number of hydrogen-bond donors (Lipinski definition) is 1. The second-order valence-corrected chi connectivity index (χ2v) is 3.96. The Morgan fingerprint density at radius 3 is 2.80 bits per heavy atom. The predicted octanol–water partition coefficient (Wildman–Crippen LogP) is 1.32. The Hall–Kier alpha value is -1.29. The molecule has 4 heteroatoms. The van der Waals surface area contributed by atoms with Crippen LogP contribution in [0, 0.1) is 5.92 Å². The average molecular weight is 210 g/mol. The number of methoxy groups -OCH3 is 1. The first kappa shape index (κ1) is 11.8. The van der Waals surface area contributed by atoms with Gasteiger partial charge in [0.25, 0.3) is 0 Å². The van der Waals surface area contributed by atoms with Gasteiger partial charge in [0.15, 0.2) is 0 Å². The number of nitrogens with zero attached hydrogens (tertiary/aromatic N) is 1. The van der Waals surface area contributed by atoms with Gasteiger partial charge in [0.1, 0.15) is 6.54 Å². The van der Waals surface area contributed by atoms with E-state index in [0.29, 0.717) is 5.92 Å². The molecular weight excluding hydrogens is 192 g/mol. The quantitative estimate of drug-likeness (QED) is 0.762. The molecule has 0 fully saturated rings. The molecule has 1 rings (SSSR count). The number of aromatic nitrogens is 1. The van der Waals surface area contributed by atoms with E-state index in [1.54, 1.807) is 4.57 Å². The summed E-state index contributed by atoms with van der Waals surface area (Å²) in [6, 6.07) is 1.96. The zero-order chi connectivity index (χ0) is 11.4. The lowest BCUT2D eigenvalue weighted by Gasteiger charge is -2.13. The highest BCUT2D eigenvalue weighted by atomic mass is 16.5. The molecule has 0 aliphatic carbocycles. The smallest absolute Gasteiger partial charge is 0.325 e. The molecule has 0 aliphatic rings. The number of ether oxygens (including phenoxy) is 1. The second-order valence-electron chi connectivity index (χ2n) is 3.96. The standard InChI is InChI=1S/C11H18N2O2/c1-8(2)11(12)9-4-5-13(6-9)7-10(14)15-3/h4-6,8,11H,7,12H2,1-3H3. The largest absolute Gasteiger partial charge is 0.468 e. The zero-order valence-corrected chi connectivity index (χ0v) is 9.43. The van der Waals surface area contributed by atoms with Gasteiger partial charge in [-0.2, -0.15) is 0 Å². The lowest BCUT2D eigenvalue weighted by atomic mass is 10.00. The Kier molecular flexibility index (Phi) is 3.91. The zero-order valence-electron chi connectivity index (χ0n) is 9.43. The molecule has 1 atom stereocenters. The van der Waals surface area contributed by atoms with Crippen LogP contribution in [0.4, 0.5) is 0 Å². The normalized spacial score (nSPS) is 12.9. The van der Waals surface area contributed by atoms with Crippen LogP contribution in [0.5, 0.6) is 0 Å². The number of nitrogens with two attached hydrogens (primary N) is 1. The molecule has 84 valence electrons. The molecule has 2 N–H and O–H groups in total. The Balaban J connectivity index is 2.68. The van der Waals surface area contributed by atoms with Gasteiger partial charge in [0.05, 0.1) is 7.11 Å². The molecule has 0 saturated carbocycles. The number of carbonyl (C=O) groups is 1. The monoisotopic (exact) mass is 210 g/mol. The number of hydrogen-bond acceptors (Lipinski definition) is 3. The average Bonchev–Trinajstić information content (AvgIpc) is 2.64. The maximum Gasteiger partial charge on any atom is 0.325 e. The van der Waals surface area contributed by atoms with E-state index in [2.05, 4.69) is 18.6 Å². The topological polar surface area (TPSA) is 57.2 Å². The third-order valence-corrected chi connectivity index (χ3v) is 2.42. The molecule has 1 unspecified atom stereocenters. The molecule has 0 aromatic carbocycles. The first-order valence-corrected chi connectivity index (χ1v) is 5.02. The SMILES string of the molecule is COC(=O)Cn1ccc(C(N)C(C)C)c1. The molecule has 1 aromatic heterocycles. The van der Waals surface area contributed by atoms with Gasteiger partial charge in [-0.25, -0.2) is 0 Å². The molecule has 0 bridgehead atoms. The van der Waals surface area contributed by atoms with Crippen LogP contribution in [0.25, 0.3) is 0 Å². The molecule has 0 saturated heterocycles. The van der Waals surface area contributed by atoms with E-state index < -0.39 is 0 Å². The van der Waals surface area contributed by atoms with Crippen LogP contribution >= 0.6 is 0 Å². The van der Waals surface area contributed by atoms with Crippen molar-refractivity contribution in [2.45, 2.75) is 26.4 Å². The summed E-state index contributed by atoms with van der Waals surface area (Å²) in [7, 11) is 1.38. The van der Waals surface area contributed by atoms with Crippen LogP contribution < -0.4 is 5.73 Å². The summed E-state index contributed by atoms with van der Waals surface area (Å²) in [5, 5.41) is 0. The maximum atomic E-state index is 11.0. The van der Waals surface area contributed by atoms with Crippen LogP contribution in [0.3, 0.4) is 0 Å². The highest BCUT2D eigenvalue weighted by molar-refractivity contribution is 5.68. The minimum atomic E-state index is -0.254. The van der Waals surface area contributed by atoms with E-state index in [-0.39, 0.29) is 18.6 Å². The van der Waals surface area contributed by atoms with Crippen LogP contribution in [-0.2, 0) is 16.1 Å². The highest BCUT2D eigenvalue weighted by Gasteiger charge is 2.12. The maximum absolute atomic E-state index is 11.0. The summed E-state index contributed by atoms with van der Waals surface area (Å²) in [6.07, 6.45) is 3.73. The van der Waals surface area contributed by atoms with Gasteiger partial charge in [-0.15, -0.1) is 0 Å². The van der Waals surface area contributed by atoms with Crippen molar-refractivity contribution >= 4 is 5.97 Å². The fourth-order valence-electron chi connectivity index (χ4n) is 1.35. The number of carbonyl (C=O) groups excluding carboxylic acids is 1. The summed E-state index contributed by atoms with van der Waals surface area (Å²) < 4.78 is 6.36. The lowest BCUT2D eigenvalue weighted by Crippen LogP contribution is -2.16. The van der Waals surface area contributed by atoms with Gasteiger partial charge in [-0.1, -0.05) is 13.8 Å². The molecule has 0 spiro atoms. The Labute approximate surface area is 90.0 Å². The van der Waals surface area contributed by atoms with E-state index >= 15 is 0 Å². The van der Waals surface area contributed by atoms with Crippen molar-refractivity contribution < 1.29 is 9.53 Å². The summed E-state index contributed by atoms with van der Waals surface area (Å²) in [4.78, 5) is 11.0. The molecular formula is C11H18N2O2. The lowest BCUT2D eigenvalue weighted by molar-refractivity contribution is -0.141. The fraction of sp³-hybridized carbons (Fsp3) is 0.545. The first-order chi connectivity index (χ1) is 7.04. The summed E-state index contributed by atoms with van der Waals surface area (Å²) in [5.74, 6) is 0.134. The van der Waals surface area contributed by atoms with Gasteiger partial charge in [0.2, 0.25) is 0 Å². The van der Waals surface area contributed by atoms with Crippen LogP contribution in [0.15, 0.2) is 18.5 Å². The van der Waals surface area contributed by atoms with E-state index in [0.717, 1.165) is 5.56 Å². The van der Waals surface area contributed by atoms with Crippen molar-refractivity contribution in [2.75, 3.05) is 7.11 Å². The van der Waals surface area contributed by atoms with Gasteiger partial charge in [-0.05, 0) is 17.5 Å². The molecule has 15 heavy (non-hydrogen) atoms. The minimum Gasteiger partial charge on any atom is -0.468 e. The third kappa shape index (κ3) is 3.09. The first-order valence-electron chi connectivity index (χ1n) is 5.02. The molecule has 1 heterocycles. The second kappa shape index (κ2) is 4.98.